The number of amides is 3. The van der Waals surface area contributed by atoms with Crippen molar-refractivity contribution in [2.75, 3.05) is 19.6 Å². The van der Waals surface area contributed by atoms with Crippen molar-refractivity contribution < 1.29 is 19.1 Å². The van der Waals surface area contributed by atoms with E-state index in [-0.39, 0.29) is 18.1 Å². The van der Waals surface area contributed by atoms with Gasteiger partial charge < -0.3 is 20.3 Å². The lowest BCUT2D eigenvalue weighted by Crippen LogP contribution is -2.45. The fourth-order valence-corrected chi connectivity index (χ4v) is 3.38. The summed E-state index contributed by atoms with van der Waals surface area (Å²) in [6, 6.07) is 18.2. The number of nitrogens with one attached hydrogen (secondary N) is 2. The Morgan fingerprint density at radius 2 is 1.57 bits per heavy atom. The van der Waals surface area contributed by atoms with E-state index in [4.69, 9.17) is 4.74 Å². The standard InChI is InChI=1S/C23H27N3O4/c1-17(19-8-4-2-5-9-19)25-22(28)21(27)24-16-18-12-14-26(15-13-18)23(29)30-20-10-6-3-7-11-20/h2-11,17-18H,12-16H2,1H3,(H,24,27)(H,25,28). The first kappa shape index (κ1) is 21.4. The third-order valence-electron chi connectivity index (χ3n) is 5.23. The normalized spacial score (nSPS) is 15.2. The lowest BCUT2D eigenvalue weighted by Gasteiger charge is -2.31. The van der Waals surface area contributed by atoms with Gasteiger partial charge in [-0.1, -0.05) is 48.5 Å². The molecule has 0 radical (unpaired) electrons. The summed E-state index contributed by atoms with van der Waals surface area (Å²) in [4.78, 5) is 38.1. The third-order valence-corrected chi connectivity index (χ3v) is 5.23. The average molecular weight is 409 g/mol. The molecule has 2 N–H and O–H groups in total. The molecule has 30 heavy (non-hydrogen) atoms. The van der Waals surface area contributed by atoms with Crippen molar-refractivity contribution in [1.82, 2.24) is 15.5 Å². The number of hydrogen-bond acceptors (Lipinski definition) is 4. The van der Waals surface area contributed by atoms with Crippen LogP contribution >= 0.6 is 0 Å². The molecule has 0 aromatic heterocycles. The fourth-order valence-electron chi connectivity index (χ4n) is 3.38. The number of carbonyl (C=O) groups excluding carboxylic acids is 3. The predicted octanol–water partition coefficient (Wildman–Crippen LogP) is 2.89. The van der Waals surface area contributed by atoms with Gasteiger partial charge in [0, 0.05) is 19.6 Å². The van der Waals surface area contributed by atoms with Crippen LogP contribution in [0.3, 0.4) is 0 Å². The van der Waals surface area contributed by atoms with Crippen LogP contribution in [0.2, 0.25) is 0 Å². The summed E-state index contributed by atoms with van der Waals surface area (Å²) in [5.74, 6) is -0.541. The number of carbonyl (C=O) groups is 3. The number of piperidine rings is 1. The highest BCUT2D eigenvalue weighted by Gasteiger charge is 2.25. The van der Waals surface area contributed by atoms with E-state index >= 15 is 0 Å². The summed E-state index contributed by atoms with van der Waals surface area (Å²) in [5.41, 5.74) is 0.938. The predicted molar refractivity (Wildman–Crippen MR) is 113 cm³/mol. The molecule has 2 aromatic rings. The van der Waals surface area contributed by atoms with Gasteiger partial charge >= 0.3 is 17.9 Å². The second kappa shape index (κ2) is 10.4. The zero-order valence-electron chi connectivity index (χ0n) is 17.0. The summed E-state index contributed by atoms with van der Waals surface area (Å²) in [5, 5.41) is 5.42. The van der Waals surface area contributed by atoms with Crippen molar-refractivity contribution >= 4 is 17.9 Å². The molecule has 1 atom stereocenters. The topological polar surface area (TPSA) is 87.7 Å². The molecule has 3 amide bonds. The van der Waals surface area contributed by atoms with E-state index in [1.54, 1.807) is 17.0 Å². The number of benzene rings is 2. The van der Waals surface area contributed by atoms with Crippen molar-refractivity contribution in [3.63, 3.8) is 0 Å². The van der Waals surface area contributed by atoms with Crippen LogP contribution in [-0.4, -0.2) is 42.4 Å². The molecule has 7 nitrogen and oxygen atoms in total. The SMILES string of the molecule is CC(NC(=O)C(=O)NCC1CCN(C(=O)Oc2ccccc2)CC1)c1ccccc1. The Hall–Kier alpha value is -3.35. The largest absolute Gasteiger partial charge is 0.415 e. The van der Waals surface area contributed by atoms with Gasteiger partial charge in [0.2, 0.25) is 0 Å². The molecule has 1 fully saturated rings. The molecule has 0 aliphatic carbocycles. The van der Waals surface area contributed by atoms with Crippen LogP contribution in [0.25, 0.3) is 0 Å². The van der Waals surface area contributed by atoms with Gasteiger partial charge in [-0.3, -0.25) is 9.59 Å². The maximum absolute atomic E-state index is 12.2. The first-order valence-electron chi connectivity index (χ1n) is 10.2. The summed E-state index contributed by atoms with van der Waals surface area (Å²) in [6.07, 6.45) is 1.12. The molecule has 2 aromatic carbocycles. The summed E-state index contributed by atoms with van der Waals surface area (Å²) >= 11 is 0. The number of para-hydroxylation sites is 1. The lowest BCUT2D eigenvalue weighted by molar-refractivity contribution is -0.139. The number of nitrogens with zero attached hydrogens (tertiary/aromatic N) is 1. The molecule has 3 rings (SSSR count). The minimum absolute atomic E-state index is 0.217. The maximum Gasteiger partial charge on any atom is 0.415 e. The van der Waals surface area contributed by atoms with E-state index in [0.29, 0.717) is 25.4 Å². The molecule has 1 unspecified atom stereocenters. The van der Waals surface area contributed by atoms with Gasteiger partial charge in [-0.05, 0) is 43.4 Å². The Kier molecular flexibility index (Phi) is 7.43. The molecule has 1 heterocycles. The minimum Gasteiger partial charge on any atom is -0.410 e. The Morgan fingerprint density at radius 3 is 2.20 bits per heavy atom. The van der Waals surface area contributed by atoms with Gasteiger partial charge in [0.1, 0.15) is 5.75 Å². The lowest BCUT2D eigenvalue weighted by atomic mass is 9.97. The van der Waals surface area contributed by atoms with Gasteiger partial charge in [0.05, 0.1) is 6.04 Å². The molecule has 1 saturated heterocycles. The minimum atomic E-state index is -0.643. The first-order chi connectivity index (χ1) is 14.5. The fraction of sp³-hybridized carbons (Fsp3) is 0.348. The van der Waals surface area contributed by atoms with E-state index in [0.717, 1.165) is 18.4 Å². The quantitative estimate of drug-likeness (QED) is 0.744. The van der Waals surface area contributed by atoms with Crippen LogP contribution in [0.4, 0.5) is 4.79 Å². The maximum atomic E-state index is 12.2. The van der Waals surface area contributed by atoms with E-state index in [1.807, 2.05) is 55.5 Å². The summed E-state index contributed by atoms with van der Waals surface area (Å²) in [7, 11) is 0. The average Bonchev–Trinajstić information content (AvgIpc) is 2.79. The smallest absolute Gasteiger partial charge is 0.410 e. The van der Waals surface area contributed by atoms with Crippen molar-refractivity contribution in [1.29, 1.82) is 0 Å². The van der Waals surface area contributed by atoms with Crippen LogP contribution < -0.4 is 15.4 Å². The number of hydrogen-bond donors (Lipinski definition) is 2. The molecule has 7 heteroatoms. The van der Waals surface area contributed by atoms with E-state index in [9.17, 15) is 14.4 Å². The molecule has 0 spiro atoms. The van der Waals surface area contributed by atoms with Gasteiger partial charge in [-0.2, -0.15) is 0 Å². The number of likely N-dealkylation sites (tertiary alicyclic amines) is 1. The van der Waals surface area contributed by atoms with E-state index < -0.39 is 11.8 Å². The summed E-state index contributed by atoms with van der Waals surface area (Å²) < 4.78 is 5.36. The number of ether oxygens (including phenoxy) is 1. The highest BCUT2D eigenvalue weighted by Crippen LogP contribution is 2.18. The zero-order valence-corrected chi connectivity index (χ0v) is 17.0. The third kappa shape index (κ3) is 6.07. The highest BCUT2D eigenvalue weighted by molar-refractivity contribution is 6.35. The van der Waals surface area contributed by atoms with Crippen molar-refractivity contribution in [3.8, 4) is 5.75 Å². The number of rotatable bonds is 5. The van der Waals surface area contributed by atoms with Gasteiger partial charge in [-0.25, -0.2) is 4.79 Å². The highest BCUT2D eigenvalue weighted by atomic mass is 16.6. The molecule has 1 aliphatic heterocycles. The Balaban J connectivity index is 1.37. The van der Waals surface area contributed by atoms with Crippen LogP contribution in [0.15, 0.2) is 60.7 Å². The molecule has 1 aliphatic rings. The van der Waals surface area contributed by atoms with Crippen LogP contribution in [0.1, 0.15) is 31.4 Å². The Labute approximate surface area is 176 Å². The van der Waals surface area contributed by atoms with Crippen LogP contribution in [-0.2, 0) is 9.59 Å². The zero-order chi connectivity index (χ0) is 21.3. The van der Waals surface area contributed by atoms with E-state index in [2.05, 4.69) is 10.6 Å². The molecular formula is C23H27N3O4. The molecule has 158 valence electrons. The molecule has 0 bridgehead atoms. The first-order valence-corrected chi connectivity index (χ1v) is 10.2. The molecular weight excluding hydrogens is 382 g/mol. The summed E-state index contributed by atoms with van der Waals surface area (Å²) in [6.45, 7) is 3.37. The van der Waals surface area contributed by atoms with Crippen LogP contribution in [0.5, 0.6) is 5.75 Å². The van der Waals surface area contributed by atoms with Gasteiger partial charge in [0.25, 0.3) is 0 Å². The van der Waals surface area contributed by atoms with Crippen LogP contribution in [0, 0.1) is 5.92 Å². The van der Waals surface area contributed by atoms with Gasteiger partial charge in [-0.15, -0.1) is 0 Å². The second-order valence-corrected chi connectivity index (χ2v) is 7.43. The monoisotopic (exact) mass is 409 g/mol. The van der Waals surface area contributed by atoms with E-state index in [1.165, 1.54) is 0 Å². The van der Waals surface area contributed by atoms with Gasteiger partial charge in [0.15, 0.2) is 0 Å². The Bertz CT molecular complexity index is 849. The Morgan fingerprint density at radius 1 is 0.967 bits per heavy atom. The molecule has 0 saturated carbocycles. The van der Waals surface area contributed by atoms with Crippen molar-refractivity contribution in [2.45, 2.75) is 25.8 Å². The van der Waals surface area contributed by atoms with Crippen molar-refractivity contribution in [2.24, 2.45) is 5.92 Å². The second-order valence-electron chi connectivity index (χ2n) is 7.43. The van der Waals surface area contributed by atoms with Crippen molar-refractivity contribution in [3.05, 3.63) is 66.2 Å².